The number of carbonyl (C=O) groups excluding carboxylic acids is 1. The Hall–Kier alpha value is -2.97. The Bertz CT molecular complexity index is 1200. The summed E-state index contributed by atoms with van der Waals surface area (Å²) in [4.78, 5) is 17.5. The van der Waals surface area contributed by atoms with Crippen LogP contribution in [0, 0.1) is 5.92 Å². The van der Waals surface area contributed by atoms with Gasteiger partial charge in [-0.15, -0.1) is 0 Å². The van der Waals surface area contributed by atoms with Gasteiger partial charge in [0.2, 0.25) is 10.0 Å². The van der Waals surface area contributed by atoms with Gasteiger partial charge in [-0.3, -0.25) is 9.36 Å². The summed E-state index contributed by atoms with van der Waals surface area (Å²) in [6.07, 6.45) is 3.62. The summed E-state index contributed by atoms with van der Waals surface area (Å²) in [6.45, 7) is 0.973. The van der Waals surface area contributed by atoms with Gasteiger partial charge in [0.15, 0.2) is 5.69 Å². The summed E-state index contributed by atoms with van der Waals surface area (Å²) >= 11 is 0. The van der Waals surface area contributed by atoms with E-state index in [4.69, 9.17) is 0 Å². The number of nitrogens with one attached hydrogen (secondary N) is 1. The van der Waals surface area contributed by atoms with E-state index in [1.165, 1.54) is 4.31 Å². The molecule has 30 heavy (non-hydrogen) atoms. The summed E-state index contributed by atoms with van der Waals surface area (Å²) in [5.74, 6) is 0.0764. The van der Waals surface area contributed by atoms with Crippen molar-refractivity contribution in [1.29, 1.82) is 0 Å². The second-order valence-electron chi connectivity index (χ2n) is 7.79. The number of rotatable bonds is 5. The van der Waals surface area contributed by atoms with Crippen molar-refractivity contribution in [3.8, 4) is 5.69 Å². The molecule has 1 aromatic heterocycles. The summed E-state index contributed by atoms with van der Waals surface area (Å²) in [5, 5.41) is 2.90. The Morgan fingerprint density at radius 3 is 2.57 bits per heavy atom. The Morgan fingerprint density at radius 2 is 1.80 bits per heavy atom. The molecular weight excluding hydrogens is 400 g/mol. The fraction of sp³-hybridized carbons (Fsp3) is 0.273. The molecule has 0 radical (unpaired) electrons. The maximum absolute atomic E-state index is 13.3. The average Bonchev–Trinajstić information content (AvgIpc) is 3.50. The summed E-state index contributed by atoms with van der Waals surface area (Å²) in [5.41, 5.74) is 2.37. The number of hydrogen-bond acceptors (Lipinski definition) is 4. The van der Waals surface area contributed by atoms with Crippen LogP contribution >= 0.6 is 0 Å². The number of amides is 1. The van der Waals surface area contributed by atoms with Crippen LogP contribution in [0.4, 0.5) is 0 Å². The number of aromatic nitrogens is 2. The van der Waals surface area contributed by atoms with Crippen LogP contribution in [0.25, 0.3) is 5.69 Å². The monoisotopic (exact) mass is 422 g/mol. The summed E-state index contributed by atoms with van der Waals surface area (Å²) in [7, 11) is -3.66. The number of fused-ring (bicyclic) bond motifs is 3. The van der Waals surface area contributed by atoms with Crippen LogP contribution in [0.3, 0.4) is 0 Å². The molecule has 154 valence electrons. The van der Waals surface area contributed by atoms with Gasteiger partial charge in [0.05, 0.1) is 17.9 Å². The number of sulfonamides is 1. The highest BCUT2D eigenvalue weighted by Crippen LogP contribution is 2.36. The third kappa shape index (κ3) is 3.42. The van der Waals surface area contributed by atoms with Crippen LogP contribution in [0.2, 0.25) is 0 Å². The zero-order valence-corrected chi connectivity index (χ0v) is 17.2. The molecular formula is C22H22N4O3S. The normalized spacial score (nSPS) is 17.6. The number of carbonyl (C=O) groups is 1. The van der Waals surface area contributed by atoms with E-state index in [0.717, 1.165) is 18.4 Å². The maximum atomic E-state index is 13.3. The first-order chi connectivity index (χ1) is 14.5. The van der Waals surface area contributed by atoms with E-state index in [0.29, 0.717) is 30.4 Å². The largest absolute Gasteiger partial charge is 0.347 e. The lowest BCUT2D eigenvalue weighted by atomic mass is 10.2. The number of hydrogen-bond donors (Lipinski definition) is 1. The van der Waals surface area contributed by atoms with E-state index in [1.807, 2.05) is 30.3 Å². The van der Waals surface area contributed by atoms with Crippen LogP contribution in [-0.4, -0.2) is 34.7 Å². The molecule has 0 atom stereocenters. The third-order valence-electron chi connectivity index (χ3n) is 5.60. The molecule has 1 amide bonds. The average molecular weight is 423 g/mol. The topological polar surface area (TPSA) is 84.3 Å². The fourth-order valence-corrected chi connectivity index (χ4v) is 5.46. The maximum Gasteiger partial charge on any atom is 0.272 e. The highest BCUT2D eigenvalue weighted by Gasteiger charge is 2.37. The van der Waals surface area contributed by atoms with Crippen molar-refractivity contribution in [2.45, 2.75) is 30.8 Å². The predicted octanol–water partition coefficient (Wildman–Crippen LogP) is 2.72. The molecule has 5 rings (SSSR count). The van der Waals surface area contributed by atoms with Crippen molar-refractivity contribution >= 4 is 15.9 Å². The van der Waals surface area contributed by atoms with Crippen LogP contribution < -0.4 is 5.32 Å². The van der Waals surface area contributed by atoms with Gasteiger partial charge in [-0.1, -0.05) is 42.5 Å². The second-order valence-corrected chi connectivity index (χ2v) is 9.69. The molecule has 0 unspecified atom stereocenters. The van der Waals surface area contributed by atoms with Gasteiger partial charge in [0.1, 0.15) is 11.2 Å². The molecule has 1 aliphatic carbocycles. The standard InChI is InChI=1S/C22H22N4O3S/c27-22(23-12-16-6-2-1-3-7-16)21-19-14-25(13-17-10-11-17)30(28,29)20-9-5-4-8-18(20)26(19)15-24-21/h1-9,15,17H,10-14H2,(H,23,27). The van der Waals surface area contributed by atoms with Gasteiger partial charge in [0.25, 0.3) is 5.91 Å². The van der Waals surface area contributed by atoms with Crippen molar-refractivity contribution in [2.24, 2.45) is 5.92 Å². The minimum Gasteiger partial charge on any atom is -0.347 e. The zero-order chi connectivity index (χ0) is 20.7. The highest BCUT2D eigenvalue weighted by atomic mass is 32.2. The van der Waals surface area contributed by atoms with Gasteiger partial charge >= 0.3 is 0 Å². The highest BCUT2D eigenvalue weighted by molar-refractivity contribution is 7.89. The Balaban J connectivity index is 1.52. The molecule has 1 saturated carbocycles. The zero-order valence-electron chi connectivity index (χ0n) is 16.4. The van der Waals surface area contributed by atoms with E-state index in [-0.39, 0.29) is 23.0 Å². The van der Waals surface area contributed by atoms with Crippen molar-refractivity contribution < 1.29 is 13.2 Å². The van der Waals surface area contributed by atoms with Crippen molar-refractivity contribution in [1.82, 2.24) is 19.2 Å². The first kappa shape index (κ1) is 19.0. The lowest BCUT2D eigenvalue weighted by Gasteiger charge is -2.20. The van der Waals surface area contributed by atoms with Crippen LogP contribution in [-0.2, 0) is 23.1 Å². The number of nitrogens with zero attached hydrogens (tertiary/aromatic N) is 3. The smallest absolute Gasteiger partial charge is 0.272 e. The Morgan fingerprint density at radius 1 is 1.07 bits per heavy atom. The Labute approximate surface area is 175 Å². The SMILES string of the molecule is O=C(NCc1ccccc1)c1ncn2c1CN(CC1CC1)S(=O)(=O)c1ccccc1-2. The molecule has 0 spiro atoms. The lowest BCUT2D eigenvalue weighted by Crippen LogP contribution is -2.33. The molecule has 0 bridgehead atoms. The quantitative estimate of drug-likeness (QED) is 0.685. The van der Waals surface area contributed by atoms with Crippen molar-refractivity contribution in [2.75, 3.05) is 6.54 Å². The molecule has 1 fully saturated rings. The molecule has 3 aromatic rings. The molecule has 8 heteroatoms. The number of benzene rings is 2. The van der Waals surface area contributed by atoms with Gasteiger partial charge in [-0.25, -0.2) is 13.4 Å². The molecule has 2 heterocycles. The molecule has 1 N–H and O–H groups in total. The number of para-hydroxylation sites is 1. The van der Waals surface area contributed by atoms with Crippen LogP contribution in [0.5, 0.6) is 0 Å². The van der Waals surface area contributed by atoms with Crippen molar-refractivity contribution in [3.05, 3.63) is 77.9 Å². The van der Waals surface area contributed by atoms with Gasteiger partial charge in [-0.2, -0.15) is 4.31 Å². The molecule has 2 aliphatic rings. The summed E-state index contributed by atoms with van der Waals surface area (Å²) < 4.78 is 29.9. The predicted molar refractivity (Wildman–Crippen MR) is 111 cm³/mol. The van der Waals surface area contributed by atoms with Gasteiger partial charge < -0.3 is 5.32 Å². The minimum absolute atomic E-state index is 0.127. The molecule has 0 saturated heterocycles. The van der Waals surface area contributed by atoms with E-state index >= 15 is 0 Å². The van der Waals surface area contributed by atoms with E-state index in [2.05, 4.69) is 10.3 Å². The van der Waals surface area contributed by atoms with E-state index < -0.39 is 10.0 Å². The van der Waals surface area contributed by atoms with Gasteiger partial charge in [-0.05, 0) is 36.5 Å². The van der Waals surface area contributed by atoms with Crippen LogP contribution in [0.1, 0.15) is 34.6 Å². The number of imidazole rings is 1. The Kier molecular flexibility index (Phi) is 4.67. The van der Waals surface area contributed by atoms with Gasteiger partial charge in [0, 0.05) is 13.1 Å². The van der Waals surface area contributed by atoms with Crippen molar-refractivity contribution in [3.63, 3.8) is 0 Å². The molecule has 7 nitrogen and oxygen atoms in total. The van der Waals surface area contributed by atoms with E-state index in [9.17, 15) is 13.2 Å². The fourth-order valence-electron chi connectivity index (χ4n) is 3.80. The van der Waals surface area contributed by atoms with E-state index in [1.54, 1.807) is 35.2 Å². The molecule has 2 aromatic carbocycles. The minimum atomic E-state index is -3.66. The summed E-state index contributed by atoms with van der Waals surface area (Å²) in [6, 6.07) is 16.5. The third-order valence-corrected chi connectivity index (χ3v) is 7.46. The van der Waals surface area contributed by atoms with Crippen LogP contribution in [0.15, 0.2) is 65.8 Å². The lowest BCUT2D eigenvalue weighted by molar-refractivity contribution is 0.0944. The molecule has 1 aliphatic heterocycles. The second kappa shape index (κ2) is 7.37. The first-order valence-electron chi connectivity index (χ1n) is 10.0. The first-order valence-corrected chi connectivity index (χ1v) is 11.5.